The first-order valence-electron chi connectivity index (χ1n) is 8.01. The monoisotopic (exact) mass is 371 g/mol. The van der Waals surface area contributed by atoms with Crippen molar-refractivity contribution in [1.82, 2.24) is 0 Å². The number of benzene rings is 2. The van der Waals surface area contributed by atoms with Gasteiger partial charge in [-0.25, -0.2) is 4.90 Å². The lowest BCUT2D eigenvalue weighted by Crippen LogP contribution is -2.31. The van der Waals surface area contributed by atoms with E-state index in [0.717, 1.165) is 11.1 Å². The van der Waals surface area contributed by atoms with Gasteiger partial charge in [-0.2, -0.15) is 0 Å². The van der Waals surface area contributed by atoms with Gasteiger partial charge in [0.25, 0.3) is 11.8 Å². The number of carbonyl (C=O) groups is 2. The Morgan fingerprint density at radius 2 is 1.68 bits per heavy atom. The molecule has 1 aliphatic heterocycles. The van der Waals surface area contributed by atoms with Gasteiger partial charge in [-0.1, -0.05) is 61.3 Å². The summed E-state index contributed by atoms with van der Waals surface area (Å²) in [6.45, 7) is 6.00. The van der Waals surface area contributed by atoms with Gasteiger partial charge in [0.05, 0.1) is 16.2 Å². The minimum Gasteiger partial charge on any atom is -0.268 e. The summed E-state index contributed by atoms with van der Waals surface area (Å²) in [5, 5.41) is 0.673. The third-order valence-electron chi connectivity index (χ3n) is 3.80. The first kappa shape index (κ1) is 17.8. The Bertz CT molecular complexity index is 872. The van der Waals surface area contributed by atoms with Crippen molar-refractivity contribution in [2.45, 2.75) is 26.0 Å². The zero-order valence-corrected chi connectivity index (χ0v) is 15.8. The third-order valence-corrected chi connectivity index (χ3v) is 5.12. The fraction of sp³-hybridized carbons (Fsp3) is 0.200. The predicted molar refractivity (Wildman–Crippen MR) is 105 cm³/mol. The van der Waals surface area contributed by atoms with E-state index in [1.54, 1.807) is 24.3 Å². The smallest absolute Gasteiger partial charge is 0.268 e. The first-order chi connectivity index (χ1) is 11.9. The normalized spacial score (nSPS) is 14.8. The lowest BCUT2D eigenvalue weighted by Gasteiger charge is -2.15. The Morgan fingerprint density at radius 1 is 1.00 bits per heavy atom. The van der Waals surface area contributed by atoms with Crippen LogP contribution in [0, 0.1) is 6.92 Å². The number of halogens is 1. The molecule has 1 aliphatic rings. The van der Waals surface area contributed by atoms with Crippen molar-refractivity contribution in [2.24, 2.45) is 0 Å². The van der Waals surface area contributed by atoms with Gasteiger partial charge in [-0.05, 0) is 30.7 Å². The lowest BCUT2D eigenvalue weighted by atomic mass is 10.0. The molecule has 5 heteroatoms. The number of hydrogen-bond acceptors (Lipinski definition) is 3. The summed E-state index contributed by atoms with van der Waals surface area (Å²) in [6.07, 6.45) is 0. The van der Waals surface area contributed by atoms with Crippen molar-refractivity contribution in [3.8, 4) is 0 Å². The second-order valence-corrected chi connectivity index (χ2v) is 8.19. The highest BCUT2D eigenvalue weighted by Crippen LogP contribution is 2.40. The van der Waals surface area contributed by atoms with Crippen LogP contribution in [0.4, 0.5) is 5.69 Å². The highest BCUT2D eigenvalue weighted by molar-refractivity contribution is 8.04. The van der Waals surface area contributed by atoms with Crippen LogP contribution < -0.4 is 4.90 Å². The minimum atomic E-state index is -0.306. The molecule has 25 heavy (non-hydrogen) atoms. The number of amides is 2. The summed E-state index contributed by atoms with van der Waals surface area (Å²) < 4.78 is 0. The molecule has 128 valence electrons. The van der Waals surface area contributed by atoms with E-state index < -0.39 is 0 Å². The van der Waals surface area contributed by atoms with Crippen molar-refractivity contribution >= 4 is 46.4 Å². The fourth-order valence-corrected chi connectivity index (χ4v) is 3.85. The van der Waals surface area contributed by atoms with E-state index in [0.29, 0.717) is 21.2 Å². The van der Waals surface area contributed by atoms with Crippen LogP contribution in [0.15, 0.2) is 53.4 Å². The molecule has 0 fully saturated rings. The Morgan fingerprint density at radius 3 is 2.28 bits per heavy atom. The summed E-state index contributed by atoms with van der Waals surface area (Å²) >= 11 is 7.46. The third kappa shape index (κ3) is 3.51. The van der Waals surface area contributed by atoms with E-state index in [1.165, 1.54) is 16.7 Å². The Balaban J connectivity index is 2.11. The molecule has 2 amide bonds. The second-order valence-electron chi connectivity index (χ2n) is 6.16. The number of carbonyl (C=O) groups excluding carboxylic acids is 2. The van der Waals surface area contributed by atoms with Crippen LogP contribution in [0.1, 0.15) is 25.0 Å². The molecular weight excluding hydrogens is 354 g/mol. The Hall–Kier alpha value is -2.04. The number of thioether (sulfide) groups is 1. The average Bonchev–Trinajstić information content (AvgIpc) is 2.78. The molecular formula is C20H18ClNO2S. The summed E-state index contributed by atoms with van der Waals surface area (Å²) in [5.41, 5.74) is 2.82. The van der Waals surface area contributed by atoms with Crippen LogP contribution in [0.3, 0.4) is 0 Å². The van der Waals surface area contributed by atoms with Crippen LogP contribution >= 0.6 is 23.4 Å². The van der Waals surface area contributed by atoms with Gasteiger partial charge < -0.3 is 0 Å². The molecule has 0 aliphatic carbocycles. The number of hydrogen-bond donors (Lipinski definition) is 0. The molecule has 0 saturated heterocycles. The molecule has 0 spiro atoms. The molecule has 1 heterocycles. The standard InChI is InChI=1S/C20H18ClNO2S/c1-12(2)25-18-17(14-9-7-13(3)8-10-14)19(23)22(20(18)24)16-6-4-5-15(21)11-16/h4-12H,1-3H3. The zero-order valence-electron chi connectivity index (χ0n) is 14.2. The highest BCUT2D eigenvalue weighted by Gasteiger charge is 2.40. The van der Waals surface area contributed by atoms with Gasteiger partial charge in [0.15, 0.2) is 0 Å². The molecule has 0 bridgehead atoms. The van der Waals surface area contributed by atoms with Gasteiger partial charge in [-0.15, -0.1) is 11.8 Å². The fourth-order valence-electron chi connectivity index (χ4n) is 2.68. The molecule has 2 aromatic carbocycles. The first-order valence-corrected chi connectivity index (χ1v) is 9.26. The predicted octanol–water partition coefficient (Wildman–Crippen LogP) is 5.07. The van der Waals surface area contributed by atoms with E-state index in [1.807, 2.05) is 45.0 Å². The van der Waals surface area contributed by atoms with Gasteiger partial charge in [0.2, 0.25) is 0 Å². The molecule has 0 saturated carbocycles. The van der Waals surface area contributed by atoms with E-state index in [9.17, 15) is 9.59 Å². The van der Waals surface area contributed by atoms with Crippen LogP contribution in [0.5, 0.6) is 0 Å². The van der Waals surface area contributed by atoms with E-state index in [4.69, 9.17) is 11.6 Å². The van der Waals surface area contributed by atoms with Crippen molar-refractivity contribution in [2.75, 3.05) is 4.90 Å². The molecule has 0 atom stereocenters. The van der Waals surface area contributed by atoms with E-state index in [2.05, 4.69) is 0 Å². The lowest BCUT2D eigenvalue weighted by molar-refractivity contribution is -0.119. The number of aryl methyl sites for hydroxylation is 1. The van der Waals surface area contributed by atoms with E-state index in [-0.39, 0.29) is 17.1 Å². The SMILES string of the molecule is Cc1ccc(C2=C(SC(C)C)C(=O)N(c3cccc(Cl)c3)C2=O)cc1. The van der Waals surface area contributed by atoms with E-state index >= 15 is 0 Å². The number of rotatable bonds is 4. The molecule has 0 unspecified atom stereocenters. The molecule has 3 rings (SSSR count). The zero-order chi connectivity index (χ0) is 18.1. The largest absolute Gasteiger partial charge is 0.272 e. The molecule has 3 nitrogen and oxygen atoms in total. The second kappa shape index (κ2) is 7.06. The van der Waals surface area contributed by atoms with Crippen molar-refractivity contribution in [3.63, 3.8) is 0 Å². The summed E-state index contributed by atoms with van der Waals surface area (Å²) in [4.78, 5) is 27.8. The Labute approximate surface area is 156 Å². The van der Waals surface area contributed by atoms with Crippen molar-refractivity contribution < 1.29 is 9.59 Å². The van der Waals surface area contributed by atoms with Crippen molar-refractivity contribution in [3.05, 3.63) is 69.6 Å². The van der Waals surface area contributed by atoms with Gasteiger partial charge in [-0.3, -0.25) is 9.59 Å². The maximum absolute atomic E-state index is 13.1. The summed E-state index contributed by atoms with van der Waals surface area (Å²) in [6, 6.07) is 14.5. The van der Waals surface area contributed by atoms with Crippen LogP contribution in [-0.2, 0) is 9.59 Å². The maximum Gasteiger partial charge on any atom is 0.272 e. The molecule has 0 aromatic heterocycles. The molecule has 2 aromatic rings. The summed E-state index contributed by atoms with van der Waals surface area (Å²) in [7, 11) is 0. The molecule has 0 radical (unpaired) electrons. The summed E-state index contributed by atoms with van der Waals surface area (Å²) in [5.74, 6) is -0.596. The number of anilines is 1. The average molecular weight is 372 g/mol. The van der Waals surface area contributed by atoms with Crippen molar-refractivity contribution in [1.29, 1.82) is 0 Å². The Kier molecular flexibility index (Phi) is 5.02. The van der Waals surface area contributed by atoms with Gasteiger partial charge in [0.1, 0.15) is 0 Å². The maximum atomic E-state index is 13.1. The number of nitrogens with zero attached hydrogens (tertiary/aromatic N) is 1. The van der Waals surface area contributed by atoms with Crippen LogP contribution in [-0.4, -0.2) is 17.1 Å². The molecule has 0 N–H and O–H groups in total. The van der Waals surface area contributed by atoms with Gasteiger partial charge >= 0.3 is 0 Å². The highest BCUT2D eigenvalue weighted by atomic mass is 35.5. The van der Waals surface area contributed by atoms with Crippen LogP contribution in [0.25, 0.3) is 5.57 Å². The number of imide groups is 1. The van der Waals surface area contributed by atoms with Crippen LogP contribution in [0.2, 0.25) is 5.02 Å². The quantitative estimate of drug-likeness (QED) is 0.704. The van der Waals surface area contributed by atoms with Gasteiger partial charge in [0, 0.05) is 10.3 Å². The minimum absolute atomic E-state index is 0.187. The topological polar surface area (TPSA) is 37.4 Å².